The van der Waals surface area contributed by atoms with Gasteiger partial charge in [-0.1, -0.05) is 13.8 Å². The first-order valence-electron chi connectivity index (χ1n) is 5.76. The molecule has 4 heteroatoms. The topological polar surface area (TPSA) is 21.3 Å². The van der Waals surface area contributed by atoms with Crippen molar-refractivity contribution in [3.05, 3.63) is 29.6 Å². The van der Waals surface area contributed by atoms with Crippen LogP contribution in [0.2, 0.25) is 0 Å². The third kappa shape index (κ3) is 5.94. The summed E-state index contributed by atoms with van der Waals surface area (Å²) in [5, 5.41) is 3.26. The molecule has 1 aromatic carbocycles. The SMILES string of the molecule is CSCCOc1cc(F)cc(CNC(C)C)c1. The second-order valence-electron chi connectivity index (χ2n) is 4.17. The zero-order chi connectivity index (χ0) is 12.7. The Hall–Kier alpha value is -0.740. The molecule has 0 spiro atoms. The number of thioether (sulfide) groups is 1. The predicted octanol–water partition coefficient (Wildman–Crippen LogP) is 3.07. The molecule has 0 amide bonds. The van der Waals surface area contributed by atoms with E-state index in [1.54, 1.807) is 11.8 Å². The predicted molar refractivity (Wildman–Crippen MR) is 72.3 cm³/mol. The van der Waals surface area contributed by atoms with Crippen molar-refractivity contribution in [1.29, 1.82) is 0 Å². The number of rotatable bonds is 7. The van der Waals surface area contributed by atoms with Gasteiger partial charge in [-0.05, 0) is 24.0 Å². The Morgan fingerprint density at radius 2 is 2.12 bits per heavy atom. The Morgan fingerprint density at radius 1 is 1.35 bits per heavy atom. The molecule has 1 rings (SSSR count). The van der Waals surface area contributed by atoms with Crippen molar-refractivity contribution < 1.29 is 9.13 Å². The van der Waals surface area contributed by atoms with Crippen LogP contribution in [0, 0.1) is 5.82 Å². The van der Waals surface area contributed by atoms with Crippen LogP contribution in [-0.2, 0) is 6.54 Å². The lowest BCUT2D eigenvalue weighted by Gasteiger charge is -2.10. The summed E-state index contributed by atoms with van der Waals surface area (Å²) < 4.78 is 18.8. The first-order chi connectivity index (χ1) is 8.11. The fourth-order valence-corrected chi connectivity index (χ4v) is 1.62. The molecule has 1 N–H and O–H groups in total. The molecule has 0 radical (unpaired) electrons. The number of halogens is 1. The molecule has 0 aromatic heterocycles. The van der Waals surface area contributed by atoms with Gasteiger partial charge in [-0.2, -0.15) is 11.8 Å². The van der Waals surface area contributed by atoms with Crippen LogP contribution in [0.4, 0.5) is 4.39 Å². The van der Waals surface area contributed by atoms with Gasteiger partial charge in [0.25, 0.3) is 0 Å². The van der Waals surface area contributed by atoms with Crippen LogP contribution in [0.15, 0.2) is 18.2 Å². The lowest BCUT2D eigenvalue weighted by molar-refractivity contribution is 0.341. The Bertz CT molecular complexity index is 344. The Kier molecular flexibility index (Phi) is 6.37. The van der Waals surface area contributed by atoms with Gasteiger partial charge < -0.3 is 10.1 Å². The summed E-state index contributed by atoms with van der Waals surface area (Å²) >= 11 is 1.71. The summed E-state index contributed by atoms with van der Waals surface area (Å²) in [6, 6.07) is 5.24. The standard InChI is InChI=1S/C13H20FNOS/c1-10(2)15-9-11-6-12(14)8-13(7-11)16-4-5-17-3/h6-8,10,15H,4-5,9H2,1-3H3. The molecule has 17 heavy (non-hydrogen) atoms. The number of hydrogen-bond donors (Lipinski definition) is 1. The second-order valence-corrected chi connectivity index (χ2v) is 5.16. The summed E-state index contributed by atoms with van der Waals surface area (Å²) in [6.45, 7) is 5.40. The molecular formula is C13H20FNOS. The molecule has 2 nitrogen and oxygen atoms in total. The molecule has 0 atom stereocenters. The number of ether oxygens (including phenoxy) is 1. The monoisotopic (exact) mass is 257 g/mol. The average Bonchev–Trinajstić information content (AvgIpc) is 2.26. The minimum absolute atomic E-state index is 0.243. The lowest BCUT2D eigenvalue weighted by atomic mass is 10.2. The van der Waals surface area contributed by atoms with E-state index in [1.807, 2.05) is 12.3 Å². The van der Waals surface area contributed by atoms with E-state index in [0.29, 0.717) is 24.9 Å². The van der Waals surface area contributed by atoms with E-state index < -0.39 is 0 Å². The van der Waals surface area contributed by atoms with Crippen LogP contribution < -0.4 is 10.1 Å². The molecule has 0 fully saturated rings. The summed E-state index contributed by atoms with van der Waals surface area (Å²) in [5.41, 5.74) is 0.915. The van der Waals surface area contributed by atoms with Crippen molar-refractivity contribution in [2.75, 3.05) is 18.6 Å². The molecule has 0 aliphatic carbocycles. The average molecular weight is 257 g/mol. The van der Waals surface area contributed by atoms with Crippen molar-refractivity contribution >= 4 is 11.8 Å². The first-order valence-corrected chi connectivity index (χ1v) is 7.16. The maximum Gasteiger partial charge on any atom is 0.127 e. The van der Waals surface area contributed by atoms with Gasteiger partial charge in [-0.15, -0.1) is 0 Å². The number of benzene rings is 1. The highest BCUT2D eigenvalue weighted by Crippen LogP contribution is 2.16. The van der Waals surface area contributed by atoms with Gasteiger partial charge in [-0.3, -0.25) is 0 Å². The molecule has 0 aliphatic heterocycles. The molecule has 0 heterocycles. The molecule has 0 unspecified atom stereocenters. The maximum atomic E-state index is 13.3. The van der Waals surface area contributed by atoms with Gasteiger partial charge in [0.15, 0.2) is 0 Å². The Balaban J connectivity index is 2.59. The van der Waals surface area contributed by atoms with E-state index in [4.69, 9.17) is 4.74 Å². The van der Waals surface area contributed by atoms with Gasteiger partial charge in [0.2, 0.25) is 0 Å². The van der Waals surface area contributed by atoms with Crippen LogP contribution >= 0.6 is 11.8 Å². The fraction of sp³-hybridized carbons (Fsp3) is 0.538. The van der Waals surface area contributed by atoms with Crippen molar-refractivity contribution in [1.82, 2.24) is 5.32 Å². The largest absolute Gasteiger partial charge is 0.493 e. The Labute approximate surface area is 107 Å². The van der Waals surface area contributed by atoms with E-state index >= 15 is 0 Å². The van der Waals surface area contributed by atoms with E-state index in [2.05, 4.69) is 19.2 Å². The van der Waals surface area contributed by atoms with Crippen molar-refractivity contribution in [3.63, 3.8) is 0 Å². The molecule has 0 bridgehead atoms. The zero-order valence-corrected chi connectivity index (χ0v) is 11.4. The molecule has 0 saturated heterocycles. The number of hydrogen-bond acceptors (Lipinski definition) is 3. The van der Waals surface area contributed by atoms with Crippen molar-refractivity contribution in [2.24, 2.45) is 0 Å². The lowest BCUT2D eigenvalue weighted by Crippen LogP contribution is -2.21. The normalized spacial score (nSPS) is 10.9. The molecule has 0 saturated carbocycles. The zero-order valence-electron chi connectivity index (χ0n) is 10.6. The van der Waals surface area contributed by atoms with E-state index in [1.165, 1.54) is 12.1 Å². The highest BCUT2D eigenvalue weighted by atomic mass is 32.2. The van der Waals surface area contributed by atoms with Gasteiger partial charge in [0, 0.05) is 24.4 Å². The van der Waals surface area contributed by atoms with Gasteiger partial charge in [-0.25, -0.2) is 4.39 Å². The van der Waals surface area contributed by atoms with Gasteiger partial charge >= 0.3 is 0 Å². The number of nitrogens with one attached hydrogen (secondary N) is 1. The highest BCUT2D eigenvalue weighted by Gasteiger charge is 2.02. The van der Waals surface area contributed by atoms with E-state index in [0.717, 1.165) is 11.3 Å². The van der Waals surface area contributed by atoms with Crippen molar-refractivity contribution in [3.8, 4) is 5.75 Å². The minimum atomic E-state index is -0.243. The molecule has 96 valence electrons. The molecule has 0 aliphatic rings. The summed E-state index contributed by atoms with van der Waals surface area (Å²) in [6.07, 6.45) is 2.02. The van der Waals surface area contributed by atoms with Crippen LogP contribution in [0.3, 0.4) is 0 Å². The minimum Gasteiger partial charge on any atom is -0.493 e. The third-order valence-corrected chi connectivity index (χ3v) is 2.78. The molecular weight excluding hydrogens is 237 g/mol. The maximum absolute atomic E-state index is 13.3. The van der Waals surface area contributed by atoms with Crippen LogP contribution in [-0.4, -0.2) is 24.7 Å². The third-order valence-electron chi connectivity index (χ3n) is 2.20. The fourth-order valence-electron chi connectivity index (χ4n) is 1.37. The van der Waals surface area contributed by atoms with E-state index in [9.17, 15) is 4.39 Å². The quantitative estimate of drug-likeness (QED) is 0.759. The second kappa shape index (κ2) is 7.56. The smallest absolute Gasteiger partial charge is 0.127 e. The van der Waals surface area contributed by atoms with Crippen LogP contribution in [0.25, 0.3) is 0 Å². The van der Waals surface area contributed by atoms with Crippen molar-refractivity contribution in [2.45, 2.75) is 26.4 Å². The summed E-state index contributed by atoms with van der Waals surface area (Å²) in [4.78, 5) is 0. The van der Waals surface area contributed by atoms with E-state index in [-0.39, 0.29) is 5.82 Å². The molecule has 1 aromatic rings. The Morgan fingerprint density at radius 3 is 2.76 bits per heavy atom. The highest BCUT2D eigenvalue weighted by molar-refractivity contribution is 7.98. The van der Waals surface area contributed by atoms with Gasteiger partial charge in [0.05, 0.1) is 6.61 Å². The van der Waals surface area contributed by atoms with Crippen LogP contribution in [0.5, 0.6) is 5.75 Å². The van der Waals surface area contributed by atoms with Gasteiger partial charge in [0.1, 0.15) is 11.6 Å². The first kappa shape index (κ1) is 14.3. The summed E-state index contributed by atoms with van der Waals surface area (Å²) in [5.74, 6) is 1.28. The summed E-state index contributed by atoms with van der Waals surface area (Å²) in [7, 11) is 0. The van der Waals surface area contributed by atoms with Crippen LogP contribution in [0.1, 0.15) is 19.4 Å².